The number of halogens is 1. The topological polar surface area (TPSA) is 33.2 Å². The van der Waals surface area contributed by atoms with Crippen LogP contribution in [0.4, 0.5) is 10.1 Å². The lowest BCUT2D eigenvalue weighted by atomic mass is 9.85. The van der Waals surface area contributed by atoms with E-state index in [1.165, 1.54) is 6.07 Å². The van der Waals surface area contributed by atoms with Crippen LogP contribution in [0.2, 0.25) is 0 Å². The molecule has 1 aliphatic heterocycles. The number of aryl methyl sites for hydroxylation is 1. The second-order valence-electron chi connectivity index (χ2n) is 6.02. The van der Waals surface area contributed by atoms with E-state index in [1.807, 2.05) is 26.8 Å². The standard InChI is InChI=1S/C17H17FN2O/c1-10-7-11(5-6-19-10)12-8-15-13(9-14(12)18)17(2,3)16(21)20(15)4/h5-9H,1-4H3. The molecule has 1 aromatic heterocycles. The summed E-state index contributed by atoms with van der Waals surface area (Å²) in [6.45, 7) is 5.52. The number of hydrogen-bond donors (Lipinski definition) is 0. The second-order valence-corrected chi connectivity index (χ2v) is 6.02. The van der Waals surface area contributed by atoms with Gasteiger partial charge >= 0.3 is 0 Å². The van der Waals surface area contributed by atoms with Crippen LogP contribution in [-0.4, -0.2) is 17.9 Å². The molecule has 3 nitrogen and oxygen atoms in total. The Morgan fingerprint density at radius 2 is 1.95 bits per heavy atom. The molecule has 3 rings (SSSR count). The Morgan fingerprint density at radius 1 is 1.24 bits per heavy atom. The number of amides is 1. The van der Waals surface area contributed by atoms with Gasteiger partial charge in [0.1, 0.15) is 5.82 Å². The summed E-state index contributed by atoms with van der Waals surface area (Å²) in [5.74, 6) is -0.324. The molecule has 1 amide bonds. The molecule has 21 heavy (non-hydrogen) atoms. The number of nitrogens with zero attached hydrogens (tertiary/aromatic N) is 2. The lowest BCUT2D eigenvalue weighted by molar-refractivity contribution is -0.121. The van der Waals surface area contributed by atoms with E-state index in [4.69, 9.17) is 0 Å². The van der Waals surface area contributed by atoms with Crippen molar-refractivity contribution in [3.63, 3.8) is 0 Å². The summed E-state index contributed by atoms with van der Waals surface area (Å²) in [6.07, 6.45) is 1.66. The van der Waals surface area contributed by atoms with Crippen LogP contribution in [0.15, 0.2) is 30.5 Å². The second kappa shape index (κ2) is 4.38. The van der Waals surface area contributed by atoms with E-state index in [-0.39, 0.29) is 11.7 Å². The van der Waals surface area contributed by atoms with Gasteiger partial charge in [-0.05, 0) is 56.2 Å². The highest BCUT2D eigenvalue weighted by molar-refractivity contribution is 6.07. The molecular weight excluding hydrogens is 267 g/mol. The third-order valence-electron chi connectivity index (χ3n) is 4.17. The number of likely N-dealkylation sites (N-methyl/N-ethyl adjacent to an activating group) is 1. The fraction of sp³-hybridized carbons (Fsp3) is 0.294. The third kappa shape index (κ3) is 1.94. The Labute approximate surface area is 123 Å². The molecule has 0 radical (unpaired) electrons. The first-order valence-electron chi connectivity index (χ1n) is 6.87. The number of aromatic nitrogens is 1. The third-order valence-corrected chi connectivity index (χ3v) is 4.17. The minimum absolute atomic E-state index is 0.0139. The zero-order valence-electron chi connectivity index (χ0n) is 12.6. The summed E-state index contributed by atoms with van der Waals surface area (Å²) in [5.41, 5.74) is 2.93. The van der Waals surface area contributed by atoms with Crippen LogP contribution >= 0.6 is 0 Å². The van der Waals surface area contributed by atoms with Crippen molar-refractivity contribution < 1.29 is 9.18 Å². The molecule has 0 atom stereocenters. The maximum Gasteiger partial charge on any atom is 0.236 e. The van der Waals surface area contributed by atoms with Crippen LogP contribution in [0.1, 0.15) is 25.1 Å². The van der Waals surface area contributed by atoms with Gasteiger partial charge in [-0.25, -0.2) is 4.39 Å². The first kappa shape index (κ1) is 13.7. The maximum absolute atomic E-state index is 14.5. The number of carbonyl (C=O) groups excluding carboxylic acids is 1. The number of pyridine rings is 1. The van der Waals surface area contributed by atoms with E-state index in [0.29, 0.717) is 5.56 Å². The molecule has 0 aliphatic carbocycles. The number of anilines is 1. The molecule has 2 heterocycles. The molecule has 0 spiro atoms. The highest BCUT2D eigenvalue weighted by Crippen LogP contribution is 2.43. The molecule has 2 aromatic rings. The lowest BCUT2D eigenvalue weighted by Crippen LogP contribution is -2.33. The van der Waals surface area contributed by atoms with Gasteiger partial charge in [0.15, 0.2) is 0 Å². The van der Waals surface area contributed by atoms with Gasteiger partial charge in [0.05, 0.1) is 5.41 Å². The van der Waals surface area contributed by atoms with Crippen LogP contribution in [0.25, 0.3) is 11.1 Å². The summed E-state index contributed by atoms with van der Waals surface area (Å²) in [7, 11) is 1.73. The fourth-order valence-corrected chi connectivity index (χ4v) is 2.92. The van der Waals surface area contributed by atoms with Crippen LogP contribution in [0.5, 0.6) is 0 Å². The smallest absolute Gasteiger partial charge is 0.236 e. The Kier molecular flexibility index (Phi) is 2.87. The SMILES string of the molecule is Cc1cc(-c2cc3c(cc2F)C(C)(C)C(=O)N3C)ccn1. The van der Waals surface area contributed by atoms with Gasteiger partial charge in [-0.1, -0.05) is 0 Å². The normalized spacial score (nSPS) is 16.2. The van der Waals surface area contributed by atoms with Crippen molar-refractivity contribution in [3.05, 3.63) is 47.5 Å². The zero-order valence-corrected chi connectivity index (χ0v) is 12.6. The summed E-state index contributed by atoms with van der Waals surface area (Å²) in [4.78, 5) is 18.0. The van der Waals surface area contributed by atoms with Gasteiger partial charge in [0, 0.05) is 30.2 Å². The minimum Gasteiger partial charge on any atom is -0.314 e. The summed E-state index contributed by atoms with van der Waals surface area (Å²) < 4.78 is 14.5. The molecule has 0 saturated heterocycles. The lowest BCUT2D eigenvalue weighted by Gasteiger charge is -2.16. The fourth-order valence-electron chi connectivity index (χ4n) is 2.92. The Morgan fingerprint density at radius 3 is 2.62 bits per heavy atom. The Bertz CT molecular complexity index is 752. The predicted molar refractivity (Wildman–Crippen MR) is 80.8 cm³/mol. The summed E-state index contributed by atoms with van der Waals surface area (Å²) >= 11 is 0. The molecule has 0 N–H and O–H groups in total. The van der Waals surface area contributed by atoms with Crippen molar-refractivity contribution in [1.29, 1.82) is 0 Å². The van der Waals surface area contributed by atoms with Gasteiger partial charge in [-0.15, -0.1) is 0 Å². The molecule has 0 unspecified atom stereocenters. The van der Waals surface area contributed by atoms with Crippen molar-refractivity contribution in [2.45, 2.75) is 26.2 Å². The average Bonchev–Trinajstić information content (AvgIpc) is 2.60. The van der Waals surface area contributed by atoms with E-state index in [9.17, 15) is 9.18 Å². The van der Waals surface area contributed by atoms with Crippen LogP contribution < -0.4 is 4.90 Å². The number of benzene rings is 1. The van der Waals surface area contributed by atoms with Crippen molar-refractivity contribution in [2.24, 2.45) is 0 Å². The largest absolute Gasteiger partial charge is 0.314 e. The van der Waals surface area contributed by atoms with Crippen LogP contribution in [-0.2, 0) is 10.2 Å². The van der Waals surface area contributed by atoms with Gasteiger partial charge in [-0.2, -0.15) is 0 Å². The van der Waals surface area contributed by atoms with Gasteiger partial charge in [0.25, 0.3) is 0 Å². The molecule has 4 heteroatoms. The van der Waals surface area contributed by atoms with Crippen LogP contribution in [0.3, 0.4) is 0 Å². The van der Waals surface area contributed by atoms with Crippen molar-refractivity contribution in [1.82, 2.24) is 4.98 Å². The molecule has 108 valence electrons. The van der Waals surface area contributed by atoms with E-state index < -0.39 is 5.41 Å². The molecule has 0 saturated carbocycles. The molecule has 0 bridgehead atoms. The quantitative estimate of drug-likeness (QED) is 0.803. The summed E-state index contributed by atoms with van der Waals surface area (Å²) in [5, 5.41) is 0. The number of hydrogen-bond acceptors (Lipinski definition) is 2. The number of fused-ring (bicyclic) bond motifs is 1. The maximum atomic E-state index is 14.5. The number of rotatable bonds is 1. The zero-order chi connectivity index (χ0) is 15.4. The first-order chi connectivity index (χ1) is 9.82. The Balaban J connectivity index is 2.22. The Hall–Kier alpha value is -2.23. The van der Waals surface area contributed by atoms with Crippen LogP contribution in [0, 0.1) is 12.7 Å². The number of carbonyl (C=O) groups is 1. The monoisotopic (exact) mass is 284 g/mol. The molecule has 1 aliphatic rings. The van der Waals surface area contributed by atoms with Crippen molar-refractivity contribution >= 4 is 11.6 Å². The van der Waals surface area contributed by atoms with E-state index in [0.717, 1.165) is 22.5 Å². The average molecular weight is 284 g/mol. The van der Waals surface area contributed by atoms with Crippen molar-refractivity contribution in [3.8, 4) is 11.1 Å². The first-order valence-corrected chi connectivity index (χ1v) is 6.87. The summed E-state index contributed by atoms with van der Waals surface area (Å²) in [6, 6.07) is 6.86. The van der Waals surface area contributed by atoms with Gasteiger partial charge in [0.2, 0.25) is 5.91 Å². The van der Waals surface area contributed by atoms with Gasteiger partial charge in [-0.3, -0.25) is 9.78 Å². The predicted octanol–water partition coefficient (Wildman–Crippen LogP) is 3.45. The molecular formula is C17H17FN2O. The van der Waals surface area contributed by atoms with Gasteiger partial charge < -0.3 is 4.90 Å². The van der Waals surface area contributed by atoms with E-state index in [1.54, 1.807) is 30.3 Å². The highest BCUT2D eigenvalue weighted by atomic mass is 19.1. The minimum atomic E-state index is -0.683. The van der Waals surface area contributed by atoms with E-state index >= 15 is 0 Å². The molecule has 1 aromatic carbocycles. The van der Waals surface area contributed by atoms with E-state index in [2.05, 4.69) is 4.98 Å². The molecule has 0 fully saturated rings. The highest BCUT2D eigenvalue weighted by Gasteiger charge is 2.42. The van der Waals surface area contributed by atoms with Crippen molar-refractivity contribution in [2.75, 3.05) is 11.9 Å².